The van der Waals surface area contributed by atoms with Crippen LogP contribution in [-0.2, 0) is 0 Å². The fourth-order valence-electron chi connectivity index (χ4n) is 1.67. The van der Waals surface area contributed by atoms with Crippen LogP contribution in [0.25, 0.3) is 11.1 Å². The Balaban J connectivity index is 2.20. The molecule has 1 heterocycles. The van der Waals surface area contributed by atoms with Gasteiger partial charge in [0.25, 0.3) is 0 Å². The maximum absolute atomic E-state index is 8.95. The molecule has 4 nitrogen and oxygen atoms in total. The van der Waals surface area contributed by atoms with Crippen LogP contribution in [0.3, 0.4) is 0 Å². The van der Waals surface area contributed by atoms with E-state index in [-0.39, 0.29) is 12.1 Å². The van der Waals surface area contributed by atoms with E-state index >= 15 is 0 Å². The number of benzene rings is 1. The van der Waals surface area contributed by atoms with E-state index in [9.17, 15) is 0 Å². The normalized spacial score (nSPS) is 11.9. The zero-order chi connectivity index (χ0) is 11.6. The van der Waals surface area contributed by atoms with Crippen LogP contribution in [0.15, 0.2) is 29.0 Å². The van der Waals surface area contributed by atoms with Gasteiger partial charge >= 0.3 is 0 Å². The summed E-state index contributed by atoms with van der Waals surface area (Å²) in [5.41, 5.74) is 2.46. The summed E-state index contributed by atoms with van der Waals surface area (Å²) in [6.45, 7) is 4.27. The molecule has 0 saturated heterocycles. The summed E-state index contributed by atoms with van der Waals surface area (Å²) in [5, 5.41) is 12.3. The molecule has 2 aromatic rings. The second-order valence-corrected chi connectivity index (χ2v) is 4.52. The van der Waals surface area contributed by atoms with Gasteiger partial charge in [-0.25, -0.2) is 4.98 Å². The maximum atomic E-state index is 8.95. The molecule has 86 valence electrons. The highest BCUT2D eigenvalue weighted by molar-refractivity contribution is 5.76. The largest absolute Gasteiger partial charge is 0.443 e. The minimum absolute atomic E-state index is 0.136. The molecule has 2 N–H and O–H groups in total. The van der Waals surface area contributed by atoms with Gasteiger partial charge in [-0.1, -0.05) is 0 Å². The molecule has 0 amide bonds. The Morgan fingerprint density at radius 2 is 2.25 bits per heavy atom. The van der Waals surface area contributed by atoms with E-state index in [1.165, 1.54) is 6.39 Å². The number of fused-ring (bicyclic) bond motifs is 1. The molecular formula is C12H16N2O2. The lowest BCUT2D eigenvalue weighted by molar-refractivity contribution is 0.261. The van der Waals surface area contributed by atoms with E-state index in [0.717, 1.165) is 16.8 Å². The SMILES string of the molecule is CC(C)(CCO)Nc1ccc2ncoc2c1. The summed E-state index contributed by atoms with van der Waals surface area (Å²) in [5.74, 6) is 0. The minimum Gasteiger partial charge on any atom is -0.443 e. The molecule has 2 rings (SSSR count). The molecule has 0 saturated carbocycles. The molecule has 0 radical (unpaired) electrons. The topological polar surface area (TPSA) is 58.3 Å². The number of aliphatic hydroxyl groups excluding tert-OH is 1. The minimum atomic E-state index is -0.136. The van der Waals surface area contributed by atoms with Crippen molar-refractivity contribution in [1.29, 1.82) is 0 Å². The number of aliphatic hydroxyl groups is 1. The van der Waals surface area contributed by atoms with Crippen LogP contribution in [0.1, 0.15) is 20.3 Å². The first-order valence-electron chi connectivity index (χ1n) is 5.33. The number of nitrogens with one attached hydrogen (secondary N) is 1. The van der Waals surface area contributed by atoms with Crippen LogP contribution in [0, 0.1) is 0 Å². The summed E-state index contributed by atoms with van der Waals surface area (Å²) in [6.07, 6.45) is 2.13. The van der Waals surface area contributed by atoms with Crippen molar-refractivity contribution in [3.05, 3.63) is 24.6 Å². The molecule has 0 unspecified atom stereocenters. The predicted molar refractivity (Wildman–Crippen MR) is 63.4 cm³/mol. The Labute approximate surface area is 94.3 Å². The van der Waals surface area contributed by atoms with E-state index in [2.05, 4.69) is 10.3 Å². The molecule has 16 heavy (non-hydrogen) atoms. The van der Waals surface area contributed by atoms with Gasteiger partial charge < -0.3 is 14.8 Å². The second kappa shape index (κ2) is 4.14. The number of nitrogens with zero attached hydrogens (tertiary/aromatic N) is 1. The number of anilines is 1. The second-order valence-electron chi connectivity index (χ2n) is 4.52. The number of rotatable bonds is 4. The third-order valence-corrected chi connectivity index (χ3v) is 2.55. The van der Waals surface area contributed by atoms with Gasteiger partial charge in [0, 0.05) is 23.9 Å². The van der Waals surface area contributed by atoms with Crippen LogP contribution in [0.4, 0.5) is 5.69 Å². The molecular weight excluding hydrogens is 204 g/mol. The first-order valence-corrected chi connectivity index (χ1v) is 5.33. The third kappa shape index (κ3) is 2.33. The van der Waals surface area contributed by atoms with Crippen LogP contribution >= 0.6 is 0 Å². The van der Waals surface area contributed by atoms with E-state index in [1.54, 1.807) is 0 Å². The lowest BCUT2D eigenvalue weighted by atomic mass is 10.0. The quantitative estimate of drug-likeness (QED) is 0.830. The predicted octanol–water partition coefficient (Wildman–Crippen LogP) is 2.40. The number of aromatic nitrogens is 1. The van der Waals surface area contributed by atoms with Crippen molar-refractivity contribution < 1.29 is 9.52 Å². The highest BCUT2D eigenvalue weighted by Gasteiger charge is 2.16. The zero-order valence-electron chi connectivity index (χ0n) is 9.53. The molecule has 0 spiro atoms. The summed E-state index contributed by atoms with van der Waals surface area (Å²) < 4.78 is 5.23. The molecule has 0 bridgehead atoms. The summed E-state index contributed by atoms with van der Waals surface area (Å²) in [4.78, 5) is 4.06. The van der Waals surface area contributed by atoms with Crippen LogP contribution in [0.2, 0.25) is 0 Å². The van der Waals surface area contributed by atoms with Crippen LogP contribution in [0.5, 0.6) is 0 Å². The lowest BCUT2D eigenvalue weighted by Gasteiger charge is -2.26. The van der Waals surface area contributed by atoms with Gasteiger partial charge in [0.05, 0.1) is 0 Å². The fraction of sp³-hybridized carbons (Fsp3) is 0.417. The van der Waals surface area contributed by atoms with Gasteiger partial charge in [-0.05, 0) is 32.4 Å². The third-order valence-electron chi connectivity index (χ3n) is 2.55. The van der Waals surface area contributed by atoms with Gasteiger partial charge in [0.1, 0.15) is 5.52 Å². The summed E-state index contributed by atoms with van der Waals surface area (Å²) in [7, 11) is 0. The number of oxazole rings is 1. The van der Waals surface area contributed by atoms with Crippen LogP contribution in [-0.4, -0.2) is 22.2 Å². The summed E-state index contributed by atoms with van der Waals surface area (Å²) >= 11 is 0. The lowest BCUT2D eigenvalue weighted by Crippen LogP contribution is -2.31. The average Bonchev–Trinajstić information content (AvgIpc) is 2.63. The molecule has 0 aliphatic rings. The fourth-order valence-corrected chi connectivity index (χ4v) is 1.67. The van der Waals surface area contributed by atoms with Crippen molar-refractivity contribution in [1.82, 2.24) is 4.98 Å². The molecule has 0 aliphatic heterocycles. The van der Waals surface area contributed by atoms with Gasteiger partial charge in [-0.2, -0.15) is 0 Å². The Morgan fingerprint density at radius 1 is 1.44 bits per heavy atom. The molecule has 1 aromatic carbocycles. The number of hydrogen-bond donors (Lipinski definition) is 2. The van der Waals surface area contributed by atoms with Crippen molar-refractivity contribution >= 4 is 16.8 Å². The highest BCUT2D eigenvalue weighted by Crippen LogP contribution is 2.22. The Kier molecular flexibility index (Phi) is 2.83. The molecule has 0 atom stereocenters. The molecule has 4 heteroatoms. The Hall–Kier alpha value is -1.55. The van der Waals surface area contributed by atoms with Crippen LogP contribution < -0.4 is 5.32 Å². The van der Waals surface area contributed by atoms with Gasteiger partial charge in [-0.15, -0.1) is 0 Å². The smallest absolute Gasteiger partial charge is 0.181 e. The zero-order valence-corrected chi connectivity index (χ0v) is 9.53. The number of hydrogen-bond acceptors (Lipinski definition) is 4. The monoisotopic (exact) mass is 220 g/mol. The van der Waals surface area contributed by atoms with Gasteiger partial charge in [0.2, 0.25) is 0 Å². The molecule has 1 aromatic heterocycles. The van der Waals surface area contributed by atoms with E-state index in [0.29, 0.717) is 6.42 Å². The molecule has 0 fully saturated rings. The van der Waals surface area contributed by atoms with Crippen molar-refractivity contribution in [2.24, 2.45) is 0 Å². The first kappa shape index (κ1) is 11.0. The van der Waals surface area contributed by atoms with Crippen molar-refractivity contribution in [3.8, 4) is 0 Å². The van der Waals surface area contributed by atoms with E-state index in [1.807, 2.05) is 32.0 Å². The van der Waals surface area contributed by atoms with Crippen molar-refractivity contribution in [2.75, 3.05) is 11.9 Å². The van der Waals surface area contributed by atoms with E-state index in [4.69, 9.17) is 9.52 Å². The van der Waals surface area contributed by atoms with Crippen molar-refractivity contribution in [2.45, 2.75) is 25.8 Å². The standard InChI is InChI=1S/C12H16N2O2/c1-12(2,5-6-15)14-9-3-4-10-11(7-9)16-8-13-10/h3-4,7-8,14-15H,5-6H2,1-2H3. The van der Waals surface area contributed by atoms with Gasteiger partial charge in [-0.3, -0.25) is 0 Å². The first-order chi connectivity index (χ1) is 7.61. The maximum Gasteiger partial charge on any atom is 0.181 e. The molecule has 0 aliphatic carbocycles. The Morgan fingerprint density at radius 3 is 3.00 bits per heavy atom. The summed E-state index contributed by atoms with van der Waals surface area (Å²) in [6, 6.07) is 5.79. The van der Waals surface area contributed by atoms with E-state index < -0.39 is 0 Å². The van der Waals surface area contributed by atoms with Crippen molar-refractivity contribution in [3.63, 3.8) is 0 Å². The average molecular weight is 220 g/mol. The Bertz CT molecular complexity index is 477. The van der Waals surface area contributed by atoms with Gasteiger partial charge in [0.15, 0.2) is 12.0 Å². The highest BCUT2D eigenvalue weighted by atomic mass is 16.3.